The van der Waals surface area contributed by atoms with Crippen molar-refractivity contribution < 1.29 is 0 Å². The van der Waals surface area contributed by atoms with E-state index in [9.17, 15) is 0 Å². The molecule has 0 spiro atoms. The van der Waals surface area contributed by atoms with Crippen LogP contribution in [0.1, 0.15) is 41.5 Å². The summed E-state index contributed by atoms with van der Waals surface area (Å²) in [5, 5.41) is 0. The minimum absolute atomic E-state index is 0.343. The largest absolute Gasteiger partial charge is 0.244 e. The standard InChI is InChI=1S/C18H28N2P2/c1-17(2,3)11-21-15-16(22-12-18(4,5)6)20-14-10-8-7-9-13(14)19-15/h7-10,21-22H,11-12H2,1-6H3. The molecule has 0 fully saturated rings. The summed E-state index contributed by atoms with van der Waals surface area (Å²) < 4.78 is 0. The summed E-state index contributed by atoms with van der Waals surface area (Å²) in [5.41, 5.74) is 5.21. The zero-order valence-electron chi connectivity index (χ0n) is 14.6. The molecule has 0 saturated carbocycles. The number of nitrogens with zero attached hydrogens (tertiary/aromatic N) is 2. The Morgan fingerprint density at radius 3 is 1.41 bits per heavy atom. The Balaban J connectivity index is 2.32. The van der Waals surface area contributed by atoms with E-state index < -0.39 is 0 Å². The van der Waals surface area contributed by atoms with Gasteiger partial charge in [0.2, 0.25) is 0 Å². The molecule has 1 aromatic carbocycles. The number of hydrogen-bond acceptors (Lipinski definition) is 2. The first kappa shape index (κ1) is 17.8. The summed E-state index contributed by atoms with van der Waals surface area (Å²) in [7, 11) is 1.49. The van der Waals surface area contributed by atoms with Gasteiger partial charge in [0.15, 0.2) is 0 Å². The third-order valence-electron chi connectivity index (χ3n) is 3.14. The molecule has 22 heavy (non-hydrogen) atoms. The van der Waals surface area contributed by atoms with Crippen LogP contribution in [0, 0.1) is 10.8 Å². The summed E-state index contributed by atoms with van der Waals surface area (Å²) in [4.78, 5) is 9.87. The quantitative estimate of drug-likeness (QED) is 0.778. The van der Waals surface area contributed by atoms with Crippen LogP contribution >= 0.6 is 17.2 Å². The molecule has 0 N–H and O–H groups in total. The van der Waals surface area contributed by atoms with Crippen molar-refractivity contribution in [3.8, 4) is 0 Å². The Kier molecular flexibility index (Phi) is 5.57. The van der Waals surface area contributed by atoms with Crippen molar-refractivity contribution in [2.75, 3.05) is 12.3 Å². The van der Waals surface area contributed by atoms with Crippen molar-refractivity contribution in [3.05, 3.63) is 24.3 Å². The van der Waals surface area contributed by atoms with Gasteiger partial charge in [-0.3, -0.25) is 0 Å². The molecule has 0 aliphatic rings. The lowest BCUT2D eigenvalue weighted by Crippen LogP contribution is -2.27. The van der Waals surface area contributed by atoms with Crippen LogP contribution in [0.3, 0.4) is 0 Å². The molecule has 0 amide bonds. The van der Waals surface area contributed by atoms with E-state index in [1.54, 1.807) is 0 Å². The van der Waals surface area contributed by atoms with Gasteiger partial charge in [-0.2, -0.15) is 0 Å². The molecule has 4 heteroatoms. The highest BCUT2D eigenvalue weighted by atomic mass is 31.1. The number of fused-ring (bicyclic) bond motifs is 1. The number of benzene rings is 1. The van der Waals surface area contributed by atoms with E-state index in [2.05, 4.69) is 53.7 Å². The van der Waals surface area contributed by atoms with E-state index >= 15 is 0 Å². The number of para-hydroxylation sites is 2. The lowest BCUT2D eigenvalue weighted by Gasteiger charge is -2.21. The third kappa shape index (κ3) is 5.56. The van der Waals surface area contributed by atoms with Crippen molar-refractivity contribution in [2.24, 2.45) is 10.8 Å². The Hall–Kier alpha value is -0.580. The van der Waals surface area contributed by atoms with Crippen LogP contribution in [-0.2, 0) is 0 Å². The van der Waals surface area contributed by atoms with Gasteiger partial charge < -0.3 is 0 Å². The lowest BCUT2D eigenvalue weighted by atomic mass is 10.0. The summed E-state index contributed by atoms with van der Waals surface area (Å²) in [6.07, 6.45) is 2.35. The molecule has 0 radical (unpaired) electrons. The van der Waals surface area contributed by atoms with Gasteiger partial charge in [0, 0.05) is 0 Å². The molecule has 0 aliphatic heterocycles. The van der Waals surface area contributed by atoms with E-state index in [0.29, 0.717) is 10.8 Å². The van der Waals surface area contributed by atoms with E-state index in [1.165, 1.54) is 23.2 Å². The average molecular weight is 334 g/mol. The van der Waals surface area contributed by atoms with E-state index in [1.807, 2.05) is 12.1 Å². The predicted molar refractivity (Wildman–Crippen MR) is 104 cm³/mol. The molecular weight excluding hydrogens is 306 g/mol. The first-order valence-electron chi connectivity index (χ1n) is 7.89. The van der Waals surface area contributed by atoms with Gasteiger partial charge in [-0.05, 0) is 35.3 Å². The van der Waals surface area contributed by atoms with E-state index in [4.69, 9.17) is 9.97 Å². The molecule has 2 rings (SSSR count). The summed E-state index contributed by atoms with van der Waals surface area (Å²) in [6, 6.07) is 8.24. The van der Waals surface area contributed by atoms with Gasteiger partial charge in [0.05, 0.1) is 21.9 Å². The second kappa shape index (κ2) is 6.90. The fourth-order valence-corrected chi connectivity index (χ4v) is 4.72. The van der Waals surface area contributed by atoms with Crippen molar-refractivity contribution in [3.63, 3.8) is 0 Å². The third-order valence-corrected chi connectivity index (χ3v) is 7.23. The van der Waals surface area contributed by atoms with Crippen LogP contribution in [-0.4, -0.2) is 22.3 Å². The van der Waals surface area contributed by atoms with Crippen molar-refractivity contribution in [2.45, 2.75) is 41.5 Å². The molecule has 0 saturated heterocycles. The summed E-state index contributed by atoms with van der Waals surface area (Å²) >= 11 is 0. The Labute approximate surface area is 138 Å². The van der Waals surface area contributed by atoms with Gasteiger partial charge >= 0.3 is 0 Å². The van der Waals surface area contributed by atoms with E-state index in [0.717, 1.165) is 28.2 Å². The van der Waals surface area contributed by atoms with Gasteiger partial charge in [0.1, 0.15) is 0 Å². The number of hydrogen-bond donors (Lipinski definition) is 0. The molecule has 0 aliphatic carbocycles. The zero-order chi connectivity index (χ0) is 16.4. The normalized spacial score (nSPS) is 13.9. The molecule has 1 heterocycles. The molecule has 2 atom stereocenters. The SMILES string of the molecule is CC(C)(C)CPc1nc2ccccc2nc1PCC(C)(C)C. The Morgan fingerprint density at radius 1 is 0.727 bits per heavy atom. The van der Waals surface area contributed by atoms with Crippen LogP contribution < -0.4 is 10.9 Å². The number of rotatable bonds is 4. The van der Waals surface area contributed by atoms with Gasteiger partial charge in [-0.25, -0.2) is 9.97 Å². The average Bonchev–Trinajstić information content (AvgIpc) is 2.40. The van der Waals surface area contributed by atoms with Gasteiger partial charge in [-0.15, -0.1) is 0 Å². The highest BCUT2D eigenvalue weighted by molar-refractivity contribution is 7.54. The fraction of sp³-hybridized carbons (Fsp3) is 0.556. The molecule has 120 valence electrons. The van der Waals surface area contributed by atoms with Crippen LogP contribution in [0.5, 0.6) is 0 Å². The maximum absolute atomic E-state index is 4.94. The fourth-order valence-electron chi connectivity index (χ4n) is 1.94. The van der Waals surface area contributed by atoms with Gasteiger partial charge in [0.25, 0.3) is 0 Å². The van der Waals surface area contributed by atoms with Crippen LogP contribution in [0.15, 0.2) is 24.3 Å². The molecular formula is C18H28N2P2. The first-order valence-corrected chi connectivity index (χ1v) is 10.3. The smallest absolute Gasteiger partial charge is 0.0894 e. The Morgan fingerprint density at radius 2 is 1.09 bits per heavy atom. The highest BCUT2D eigenvalue weighted by Crippen LogP contribution is 2.28. The topological polar surface area (TPSA) is 25.8 Å². The second-order valence-electron chi connectivity index (χ2n) is 8.24. The molecule has 1 aromatic heterocycles. The maximum atomic E-state index is 4.94. The van der Waals surface area contributed by atoms with Crippen molar-refractivity contribution in [1.29, 1.82) is 0 Å². The van der Waals surface area contributed by atoms with E-state index in [-0.39, 0.29) is 0 Å². The molecule has 2 nitrogen and oxygen atoms in total. The van der Waals surface area contributed by atoms with Crippen LogP contribution in [0.25, 0.3) is 11.0 Å². The van der Waals surface area contributed by atoms with Crippen molar-refractivity contribution >= 4 is 39.1 Å². The highest BCUT2D eigenvalue weighted by Gasteiger charge is 2.17. The second-order valence-corrected chi connectivity index (χ2v) is 10.6. The predicted octanol–water partition coefficient (Wildman–Crippen LogP) is 4.33. The number of aromatic nitrogens is 2. The minimum Gasteiger partial charge on any atom is -0.244 e. The Bertz CT molecular complexity index is 583. The van der Waals surface area contributed by atoms with Gasteiger partial charge in [-0.1, -0.05) is 70.8 Å². The first-order chi connectivity index (χ1) is 10.1. The monoisotopic (exact) mass is 334 g/mol. The summed E-state index contributed by atoms with van der Waals surface area (Å²) in [6.45, 7) is 13.8. The van der Waals surface area contributed by atoms with Crippen LogP contribution in [0.4, 0.5) is 0 Å². The minimum atomic E-state index is 0.343. The molecule has 0 bridgehead atoms. The maximum Gasteiger partial charge on any atom is 0.0894 e. The van der Waals surface area contributed by atoms with Crippen LogP contribution in [0.2, 0.25) is 0 Å². The molecule has 2 aromatic rings. The van der Waals surface area contributed by atoms with Crippen molar-refractivity contribution in [1.82, 2.24) is 9.97 Å². The zero-order valence-corrected chi connectivity index (χ0v) is 16.6. The molecule has 2 unspecified atom stereocenters. The lowest BCUT2D eigenvalue weighted by molar-refractivity contribution is 0.479. The summed E-state index contributed by atoms with van der Waals surface area (Å²) in [5.74, 6) is 0.